The lowest BCUT2D eigenvalue weighted by Gasteiger charge is -2.15. The van der Waals surface area contributed by atoms with E-state index in [1.54, 1.807) is 6.92 Å². The van der Waals surface area contributed by atoms with Crippen LogP contribution in [0.1, 0.15) is 32.6 Å². The smallest absolute Gasteiger partial charge is 0.217 e. The number of halogens is 1. The van der Waals surface area contributed by atoms with Crippen LogP contribution in [0.3, 0.4) is 0 Å². The van der Waals surface area contributed by atoms with Crippen molar-refractivity contribution in [2.45, 2.75) is 38.6 Å². The molecule has 0 spiro atoms. The quantitative estimate of drug-likeness (QED) is 0.738. The van der Waals surface area contributed by atoms with Gasteiger partial charge < -0.3 is 5.32 Å². The Bertz CT molecular complexity index is 201. The van der Waals surface area contributed by atoms with Crippen molar-refractivity contribution in [3.63, 3.8) is 0 Å². The van der Waals surface area contributed by atoms with Gasteiger partial charge in [-0.25, -0.2) is 0 Å². The third-order valence-corrected chi connectivity index (χ3v) is 2.87. The normalized spacial score (nSPS) is 24.2. The molecule has 0 aromatic heterocycles. The molecule has 0 saturated carbocycles. The highest BCUT2D eigenvalue weighted by molar-refractivity contribution is 9.11. The average Bonchev–Trinajstić information content (AvgIpc) is 2.16. The van der Waals surface area contributed by atoms with Crippen LogP contribution in [0.5, 0.6) is 0 Å². The zero-order valence-electron chi connectivity index (χ0n) is 7.27. The Morgan fingerprint density at radius 1 is 1.67 bits per heavy atom. The molecule has 0 bridgehead atoms. The maximum atomic E-state index is 10.8. The fourth-order valence-corrected chi connectivity index (χ4v) is 1.97. The Hall–Kier alpha value is -0.310. The molecule has 0 radical (unpaired) electrons. The van der Waals surface area contributed by atoms with E-state index in [0.29, 0.717) is 0 Å². The predicted octanol–water partition coefficient (Wildman–Crippen LogP) is 2.34. The Morgan fingerprint density at radius 3 is 3.08 bits per heavy atom. The summed E-state index contributed by atoms with van der Waals surface area (Å²) < 4.78 is 1.13. The number of rotatable bonds is 1. The summed E-state index contributed by atoms with van der Waals surface area (Å²) >= 11 is 3.48. The van der Waals surface area contributed by atoms with E-state index < -0.39 is 0 Å². The van der Waals surface area contributed by atoms with Gasteiger partial charge in [0.2, 0.25) is 5.91 Å². The highest BCUT2D eigenvalue weighted by Gasteiger charge is 2.14. The van der Waals surface area contributed by atoms with E-state index in [-0.39, 0.29) is 11.9 Å². The van der Waals surface area contributed by atoms with E-state index >= 15 is 0 Å². The van der Waals surface area contributed by atoms with E-state index in [9.17, 15) is 4.79 Å². The molecule has 0 heterocycles. The van der Waals surface area contributed by atoms with Crippen LogP contribution in [0.4, 0.5) is 0 Å². The molecule has 12 heavy (non-hydrogen) atoms. The Balaban J connectivity index is 2.54. The second-order valence-electron chi connectivity index (χ2n) is 3.13. The monoisotopic (exact) mass is 231 g/mol. The minimum atomic E-state index is 0.0484. The van der Waals surface area contributed by atoms with E-state index in [1.165, 1.54) is 12.8 Å². The molecule has 0 aromatic carbocycles. The van der Waals surface area contributed by atoms with Crippen molar-refractivity contribution < 1.29 is 4.79 Å². The topological polar surface area (TPSA) is 29.1 Å². The van der Waals surface area contributed by atoms with Gasteiger partial charge in [-0.1, -0.05) is 28.4 Å². The fraction of sp³-hybridized carbons (Fsp3) is 0.667. The number of carbonyl (C=O) groups is 1. The fourth-order valence-electron chi connectivity index (χ4n) is 1.40. The number of hydrogen-bond acceptors (Lipinski definition) is 1. The van der Waals surface area contributed by atoms with E-state index in [4.69, 9.17) is 0 Å². The van der Waals surface area contributed by atoms with Crippen LogP contribution in [0, 0.1) is 0 Å². The van der Waals surface area contributed by atoms with Crippen molar-refractivity contribution in [2.75, 3.05) is 0 Å². The van der Waals surface area contributed by atoms with Gasteiger partial charge in [0.1, 0.15) is 0 Å². The third-order valence-electron chi connectivity index (χ3n) is 2.00. The van der Waals surface area contributed by atoms with Crippen LogP contribution in [0.25, 0.3) is 0 Å². The van der Waals surface area contributed by atoms with Gasteiger partial charge in [0, 0.05) is 11.4 Å². The summed E-state index contributed by atoms with van der Waals surface area (Å²) in [5, 5.41) is 2.92. The van der Waals surface area contributed by atoms with Crippen molar-refractivity contribution in [3.05, 3.63) is 10.6 Å². The molecular weight excluding hydrogens is 218 g/mol. The van der Waals surface area contributed by atoms with Crippen molar-refractivity contribution in [1.29, 1.82) is 0 Å². The van der Waals surface area contributed by atoms with Gasteiger partial charge in [-0.2, -0.15) is 0 Å². The van der Waals surface area contributed by atoms with Crippen LogP contribution >= 0.6 is 15.9 Å². The molecule has 1 unspecified atom stereocenters. The molecule has 1 aliphatic rings. The van der Waals surface area contributed by atoms with Gasteiger partial charge in [-0.05, 0) is 19.3 Å². The minimum Gasteiger partial charge on any atom is -0.349 e. The summed E-state index contributed by atoms with van der Waals surface area (Å²) in [4.78, 5) is 10.8. The molecule has 0 saturated heterocycles. The Labute approximate surface area is 81.5 Å². The summed E-state index contributed by atoms with van der Waals surface area (Å²) in [7, 11) is 0. The minimum absolute atomic E-state index is 0.0484. The van der Waals surface area contributed by atoms with Gasteiger partial charge in [0.05, 0.1) is 6.04 Å². The standard InChI is InChI=1S/C9H14BrNO/c1-7(12)11-9-6-4-2-3-5-8(9)10/h5,9H,2-4,6H2,1H3,(H,11,12). The molecule has 0 aromatic rings. The Morgan fingerprint density at radius 2 is 2.42 bits per heavy atom. The first-order valence-electron chi connectivity index (χ1n) is 4.33. The molecule has 0 fully saturated rings. The molecule has 1 N–H and O–H groups in total. The van der Waals surface area contributed by atoms with Gasteiger partial charge in [0.25, 0.3) is 0 Å². The van der Waals surface area contributed by atoms with Gasteiger partial charge in [0.15, 0.2) is 0 Å². The molecule has 1 rings (SSSR count). The molecule has 0 aliphatic heterocycles. The Kier molecular flexibility index (Phi) is 3.79. The number of amides is 1. The maximum Gasteiger partial charge on any atom is 0.217 e. The SMILES string of the molecule is CC(=O)NC1CCCCC=C1Br. The first-order chi connectivity index (χ1) is 5.70. The van der Waals surface area contributed by atoms with Gasteiger partial charge in [-0.15, -0.1) is 0 Å². The zero-order valence-corrected chi connectivity index (χ0v) is 8.86. The van der Waals surface area contributed by atoms with Crippen molar-refractivity contribution in [3.8, 4) is 0 Å². The van der Waals surface area contributed by atoms with Crippen molar-refractivity contribution in [2.24, 2.45) is 0 Å². The summed E-state index contributed by atoms with van der Waals surface area (Å²) in [5.74, 6) is 0.0484. The number of hydrogen-bond donors (Lipinski definition) is 1. The summed E-state index contributed by atoms with van der Waals surface area (Å²) in [6.07, 6.45) is 6.75. The van der Waals surface area contributed by atoms with Crippen LogP contribution in [0.2, 0.25) is 0 Å². The molecular formula is C9H14BrNO. The van der Waals surface area contributed by atoms with Crippen molar-refractivity contribution >= 4 is 21.8 Å². The van der Waals surface area contributed by atoms with Gasteiger partial charge in [-0.3, -0.25) is 4.79 Å². The average molecular weight is 232 g/mol. The lowest BCUT2D eigenvalue weighted by molar-refractivity contribution is -0.119. The van der Waals surface area contributed by atoms with E-state index in [2.05, 4.69) is 27.3 Å². The van der Waals surface area contributed by atoms with Crippen LogP contribution < -0.4 is 5.32 Å². The second-order valence-corrected chi connectivity index (χ2v) is 4.04. The summed E-state index contributed by atoms with van der Waals surface area (Å²) in [6.45, 7) is 1.56. The third kappa shape index (κ3) is 2.97. The first-order valence-corrected chi connectivity index (χ1v) is 5.12. The second kappa shape index (κ2) is 4.65. The highest BCUT2D eigenvalue weighted by Crippen LogP contribution is 2.22. The maximum absolute atomic E-state index is 10.8. The largest absolute Gasteiger partial charge is 0.349 e. The number of nitrogens with one attached hydrogen (secondary N) is 1. The van der Waals surface area contributed by atoms with Crippen LogP contribution in [0.15, 0.2) is 10.6 Å². The molecule has 1 aliphatic carbocycles. The molecule has 1 atom stereocenters. The van der Waals surface area contributed by atoms with Crippen LogP contribution in [-0.4, -0.2) is 11.9 Å². The number of allylic oxidation sites excluding steroid dienone is 1. The van der Waals surface area contributed by atoms with Crippen LogP contribution in [-0.2, 0) is 4.79 Å². The summed E-state index contributed by atoms with van der Waals surface area (Å²) in [5.41, 5.74) is 0. The summed E-state index contributed by atoms with van der Waals surface area (Å²) in [6, 6.07) is 0.213. The van der Waals surface area contributed by atoms with E-state index in [0.717, 1.165) is 17.3 Å². The van der Waals surface area contributed by atoms with E-state index in [1.807, 2.05) is 0 Å². The highest BCUT2D eigenvalue weighted by atomic mass is 79.9. The lowest BCUT2D eigenvalue weighted by Crippen LogP contribution is -2.32. The molecule has 68 valence electrons. The molecule has 2 nitrogen and oxygen atoms in total. The van der Waals surface area contributed by atoms with Crippen molar-refractivity contribution in [1.82, 2.24) is 5.32 Å². The first kappa shape index (κ1) is 9.78. The number of carbonyl (C=O) groups excluding carboxylic acids is 1. The zero-order chi connectivity index (χ0) is 8.97. The molecule has 1 amide bonds. The molecule has 3 heteroatoms. The predicted molar refractivity (Wildman–Crippen MR) is 53.1 cm³/mol. The lowest BCUT2D eigenvalue weighted by atomic mass is 10.1. The van der Waals surface area contributed by atoms with Gasteiger partial charge >= 0.3 is 0 Å².